The van der Waals surface area contributed by atoms with Gasteiger partial charge in [0.15, 0.2) is 5.15 Å². The third kappa shape index (κ3) is 1.91. The van der Waals surface area contributed by atoms with Gasteiger partial charge in [0.25, 0.3) is 0 Å². The third-order valence-electron chi connectivity index (χ3n) is 3.83. The van der Waals surface area contributed by atoms with E-state index in [9.17, 15) is 4.79 Å². The van der Waals surface area contributed by atoms with Gasteiger partial charge in [0, 0.05) is 19.1 Å². The number of nitrogens with zero attached hydrogens (tertiary/aromatic N) is 2. The maximum absolute atomic E-state index is 11.1. The van der Waals surface area contributed by atoms with E-state index in [1.165, 1.54) is 0 Å². The second-order valence-corrected chi connectivity index (χ2v) is 5.31. The molecule has 3 heterocycles. The van der Waals surface area contributed by atoms with Crippen LogP contribution in [0.2, 0.25) is 5.15 Å². The van der Waals surface area contributed by atoms with Crippen LogP contribution in [-0.2, 0) is 22.5 Å². The molecule has 2 unspecified atom stereocenters. The first-order chi connectivity index (χ1) is 8.66. The molecule has 0 aliphatic carbocycles. The van der Waals surface area contributed by atoms with E-state index in [-0.39, 0.29) is 11.8 Å². The normalized spacial score (nSPS) is 27.2. The van der Waals surface area contributed by atoms with Crippen molar-refractivity contribution < 1.29 is 14.6 Å². The monoisotopic (exact) mass is 270 g/mol. The minimum Gasteiger partial charge on any atom is -0.481 e. The number of carbonyl (C=O) groups is 1. The van der Waals surface area contributed by atoms with Crippen LogP contribution in [0.15, 0.2) is 0 Å². The predicted octanol–water partition coefficient (Wildman–Crippen LogP) is 1.69. The molecule has 0 bridgehead atoms. The topological polar surface area (TPSA) is 64.3 Å². The summed E-state index contributed by atoms with van der Waals surface area (Å²) in [5, 5.41) is 9.66. The lowest BCUT2D eigenvalue weighted by Gasteiger charge is -2.23. The molecule has 0 amide bonds. The lowest BCUT2D eigenvalue weighted by atomic mass is 9.97. The van der Waals surface area contributed by atoms with Crippen LogP contribution in [0.25, 0.3) is 0 Å². The van der Waals surface area contributed by atoms with Gasteiger partial charge in [-0.15, -0.1) is 0 Å². The molecule has 3 rings (SSSR count). The number of imidazole rings is 1. The average molecular weight is 271 g/mol. The van der Waals surface area contributed by atoms with Crippen LogP contribution in [0.5, 0.6) is 0 Å². The van der Waals surface area contributed by atoms with Crippen molar-refractivity contribution in [3.8, 4) is 0 Å². The number of rotatable bonds is 2. The molecule has 2 aliphatic heterocycles. The molecule has 2 atom stereocenters. The summed E-state index contributed by atoms with van der Waals surface area (Å²) in [5.74, 6) is 0.0881. The number of ether oxygens (including phenoxy) is 1. The van der Waals surface area contributed by atoms with E-state index < -0.39 is 5.97 Å². The van der Waals surface area contributed by atoms with Crippen molar-refractivity contribution in [1.29, 1.82) is 0 Å². The van der Waals surface area contributed by atoms with Gasteiger partial charge in [-0.25, -0.2) is 4.98 Å². The van der Waals surface area contributed by atoms with Crippen LogP contribution in [0.3, 0.4) is 0 Å². The molecule has 0 aromatic carbocycles. The molecule has 1 fully saturated rings. The lowest BCUT2D eigenvalue weighted by molar-refractivity contribution is -0.142. The van der Waals surface area contributed by atoms with Gasteiger partial charge in [-0.3, -0.25) is 4.79 Å². The summed E-state index contributed by atoms with van der Waals surface area (Å²) in [7, 11) is 0. The number of aliphatic carboxylic acids is 1. The van der Waals surface area contributed by atoms with Crippen LogP contribution in [0.4, 0.5) is 0 Å². The summed E-state index contributed by atoms with van der Waals surface area (Å²) in [6.45, 7) is 1.88. The summed E-state index contributed by atoms with van der Waals surface area (Å²) in [4.78, 5) is 15.5. The zero-order valence-electron chi connectivity index (χ0n) is 9.93. The van der Waals surface area contributed by atoms with E-state index in [1.807, 2.05) is 4.57 Å². The van der Waals surface area contributed by atoms with Crippen molar-refractivity contribution in [3.05, 3.63) is 16.7 Å². The number of carboxylic acid groups (broad SMARTS) is 1. The first-order valence-electron chi connectivity index (χ1n) is 6.22. The Hall–Kier alpha value is -1.07. The van der Waals surface area contributed by atoms with Crippen molar-refractivity contribution in [2.45, 2.75) is 31.7 Å². The Morgan fingerprint density at radius 2 is 2.33 bits per heavy atom. The SMILES string of the molecule is O=C(O)C1CCc2c(Cl)nc(C3CCOC3)n2C1. The van der Waals surface area contributed by atoms with Gasteiger partial charge >= 0.3 is 5.97 Å². The number of hydrogen-bond acceptors (Lipinski definition) is 3. The van der Waals surface area contributed by atoms with Gasteiger partial charge < -0.3 is 14.4 Å². The van der Waals surface area contributed by atoms with Crippen molar-refractivity contribution in [3.63, 3.8) is 0 Å². The van der Waals surface area contributed by atoms with Crippen LogP contribution < -0.4 is 0 Å². The Kier molecular flexibility index (Phi) is 3.03. The van der Waals surface area contributed by atoms with E-state index in [0.717, 1.165) is 24.5 Å². The molecule has 6 heteroatoms. The van der Waals surface area contributed by atoms with Gasteiger partial charge in [0.05, 0.1) is 18.2 Å². The molecule has 1 saturated heterocycles. The standard InChI is InChI=1S/C12H15ClN2O3/c13-10-9-2-1-7(12(16)17)5-15(9)11(14-10)8-3-4-18-6-8/h7-8H,1-6H2,(H,16,17). The molecular formula is C12H15ClN2O3. The predicted molar refractivity (Wildman–Crippen MR) is 64.9 cm³/mol. The van der Waals surface area contributed by atoms with Crippen LogP contribution in [0, 0.1) is 5.92 Å². The molecule has 1 aromatic rings. The Morgan fingerprint density at radius 1 is 1.50 bits per heavy atom. The molecule has 0 saturated carbocycles. The second-order valence-electron chi connectivity index (χ2n) is 4.95. The lowest BCUT2D eigenvalue weighted by Crippen LogP contribution is -2.28. The van der Waals surface area contributed by atoms with Gasteiger partial charge in [-0.05, 0) is 19.3 Å². The Labute approximate surface area is 110 Å². The third-order valence-corrected chi connectivity index (χ3v) is 4.13. The maximum Gasteiger partial charge on any atom is 0.308 e. The summed E-state index contributed by atoms with van der Waals surface area (Å²) < 4.78 is 7.38. The number of carboxylic acids is 1. The molecule has 0 radical (unpaired) electrons. The fraction of sp³-hybridized carbons (Fsp3) is 0.667. The fourth-order valence-corrected chi connectivity index (χ4v) is 3.07. The largest absolute Gasteiger partial charge is 0.481 e. The molecule has 5 nitrogen and oxygen atoms in total. The Morgan fingerprint density at radius 3 is 3.00 bits per heavy atom. The quantitative estimate of drug-likeness (QED) is 0.888. The molecule has 18 heavy (non-hydrogen) atoms. The molecule has 2 aliphatic rings. The molecule has 98 valence electrons. The minimum atomic E-state index is -0.737. The molecule has 0 spiro atoms. The van der Waals surface area contributed by atoms with Gasteiger partial charge in [-0.1, -0.05) is 11.6 Å². The van der Waals surface area contributed by atoms with Gasteiger partial charge in [0.2, 0.25) is 0 Å². The first kappa shape index (κ1) is 12.0. The van der Waals surface area contributed by atoms with Crippen molar-refractivity contribution >= 4 is 17.6 Å². The fourth-order valence-electron chi connectivity index (χ4n) is 2.79. The molecule has 1 aromatic heterocycles. The van der Waals surface area contributed by atoms with Crippen molar-refractivity contribution in [2.24, 2.45) is 5.92 Å². The molecule has 1 N–H and O–H groups in total. The van der Waals surface area contributed by atoms with E-state index >= 15 is 0 Å². The Balaban J connectivity index is 1.95. The minimum absolute atomic E-state index is 0.254. The first-order valence-corrected chi connectivity index (χ1v) is 6.60. The van der Waals surface area contributed by atoms with E-state index in [0.29, 0.717) is 31.1 Å². The maximum atomic E-state index is 11.1. The van der Waals surface area contributed by atoms with Crippen LogP contribution >= 0.6 is 11.6 Å². The Bertz CT molecular complexity index is 480. The molecular weight excluding hydrogens is 256 g/mol. The highest BCUT2D eigenvalue weighted by molar-refractivity contribution is 6.30. The van der Waals surface area contributed by atoms with Gasteiger partial charge in [-0.2, -0.15) is 0 Å². The highest BCUT2D eigenvalue weighted by Gasteiger charge is 2.32. The average Bonchev–Trinajstić information content (AvgIpc) is 2.97. The zero-order valence-corrected chi connectivity index (χ0v) is 10.7. The summed E-state index contributed by atoms with van der Waals surface area (Å²) in [5.41, 5.74) is 0.982. The zero-order chi connectivity index (χ0) is 12.7. The van der Waals surface area contributed by atoms with Gasteiger partial charge in [0.1, 0.15) is 5.82 Å². The van der Waals surface area contributed by atoms with Crippen LogP contribution in [0.1, 0.15) is 30.3 Å². The highest BCUT2D eigenvalue weighted by atomic mass is 35.5. The smallest absolute Gasteiger partial charge is 0.308 e. The highest BCUT2D eigenvalue weighted by Crippen LogP contribution is 2.33. The summed E-state index contributed by atoms with van der Waals surface area (Å²) in [6.07, 6.45) is 2.27. The number of aromatic nitrogens is 2. The summed E-state index contributed by atoms with van der Waals surface area (Å²) in [6, 6.07) is 0. The number of fused-ring (bicyclic) bond motifs is 1. The second kappa shape index (κ2) is 4.55. The van der Waals surface area contributed by atoms with Crippen molar-refractivity contribution in [1.82, 2.24) is 9.55 Å². The van der Waals surface area contributed by atoms with E-state index in [2.05, 4.69) is 4.98 Å². The van der Waals surface area contributed by atoms with E-state index in [1.54, 1.807) is 0 Å². The number of hydrogen-bond donors (Lipinski definition) is 1. The van der Waals surface area contributed by atoms with Crippen LogP contribution in [-0.4, -0.2) is 33.8 Å². The summed E-state index contributed by atoms with van der Waals surface area (Å²) >= 11 is 6.15. The van der Waals surface area contributed by atoms with Crippen molar-refractivity contribution in [2.75, 3.05) is 13.2 Å². The van der Waals surface area contributed by atoms with E-state index in [4.69, 9.17) is 21.4 Å². The number of halogens is 1.